The molecule has 13 heteroatoms. The molecule has 2 rings (SSSR count). The normalized spacial score (nSPS) is 11.7. The summed E-state index contributed by atoms with van der Waals surface area (Å²) in [5.41, 5.74) is 5.47. The van der Waals surface area contributed by atoms with E-state index in [0.717, 1.165) is 5.56 Å². The molecule has 0 aliphatic rings. The van der Waals surface area contributed by atoms with Gasteiger partial charge >= 0.3 is 18.1 Å². The maximum atomic E-state index is 12.6. The van der Waals surface area contributed by atoms with Crippen LogP contribution in [0.5, 0.6) is 0 Å². The smallest absolute Gasteiger partial charge is 0.480 e. The van der Waals surface area contributed by atoms with E-state index >= 15 is 0 Å². The molecule has 0 fully saturated rings. The van der Waals surface area contributed by atoms with Crippen LogP contribution in [-0.2, 0) is 16.1 Å². The second-order valence-electron chi connectivity index (χ2n) is 6.54. The van der Waals surface area contributed by atoms with Crippen molar-refractivity contribution in [2.24, 2.45) is 5.73 Å². The number of nitrogens with two attached hydrogens (primary N) is 1. The van der Waals surface area contributed by atoms with Crippen molar-refractivity contribution in [1.82, 2.24) is 9.88 Å². The van der Waals surface area contributed by atoms with Crippen LogP contribution in [0.15, 0.2) is 47.4 Å². The predicted octanol–water partition coefficient (Wildman–Crippen LogP) is 2.11. The Morgan fingerprint density at radius 2 is 1.73 bits per heavy atom. The van der Waals surface area contributed by atoms with Gasteiger partial charge < -0.3 is 25.8 Å². The lowest BCUT2D eigenvalue weighted by molar-refractivity contribution is -0.192. The molecule has 1 amide bonds. The Hall–Kier alpha value is -3.38. The Bertz CT molecular complexity index is 1040. The van der Waals surface area contributed by atoms with Gasteiger partial charge in [-0.1, -0.05) is 29.8 Å². The molecule has 0 spiro atoms. The van der Waals surface area contributed by atoms with Crippen molar-refractivity contribution >= 4 is 29.4 Å². The van der Waals surface area contributed by atoms with Gasteiger partial charge in [0, 0.05) is 11.2 Å². The highest BCUT2D eigenvalue weighted by atomic mass is 35.5. The van der Waals surface area contributed by atoms with Gasteiger partial charge in [-0.05, 0) is 43.1 Å². The van der Waals surface area contributed by atoms with Gasteiger partial charge in [-0.25, -0.2) is 9.59 Å². The lowest BCUT2D eigenvalue weighted by atomic mass is 10.1. The molecule has 0 radical (unpaired) electrons. The van der Waals surface area contributed by atoms with E-state index < -0.39 is 35.6 Å². The number of hydrogen-bond donors (Lipinski definition) is 4. The number of aliphatic carboxylic acids is 2. The van der Waals surface area contributed by atoms with Gasteiger partial charge in [0.1, 0.15) is 11.6 Å². The van der Waals surface area contributed by atoms with Crippen LogP contribution in [0.4, 0.5) is 13.2 Å². The van der Waals surface area contributed by atoms with Gasteiger partial charge in [0.2, 0.25) is 0 Å². The Balaban J connectivity index is 0.000000675. The van der Waals surface area contributed by atoms with Crippen molar-refractivity contribution in [3.63, 3.8) is 0 Å². The highest BCUT2D eigenvalue weighted by Crippen LogP contribution is 2.15. The Morgan fingerprint density at radius 3 is 2.24 bits per heavy atom. The van der Waals surface area contributed by atoms with E-state index in [-0.39, 0.29) is 18.5 Å². The van der Waals surface area contributed by atoms with Crippen molar-refractivity contribution < 1.29 is 37.8 Å². The topological polar surface area (TPSA) is 152 Å². The lowest BCUT2D eigenvalue weighted by Crippen LogP contribution is -2.43. The minimum absolute atomic E-state index is 0.126. The number of carboxylic acid groups (broad SMARTS) is 2. The van der Waals surface area contributed by atoms with Crippen LogP contribution in [-0.4, -0.2) is 51.4 Å². The molecular weight excluding hydrogens is 471 g/mol. The molecule has 9 nitrogen and oxygen atoms in total. The van der Waals surface area contributed by atoms with E-state index in [4.69, 9.17) is 27.2 Å². The minimum Gasteiger partial charge on any atom is -0.480 e. The zero-order valence-electron chi connectivity index (χ0n) is 17.0. The zero-order chi connectivity index (χ0) is 25.2. The molecule has 180 valence electrons. The molecule has 33 heavy (non-hydrogen) atoms. The van der Waals surface area contributed by atoms with Gasteiger partial charge in [-0.2, -0.15) is 13.2 Å². The van der Waals surface area contributed by atoms with Crippen LogP contribution in [0.1, 0.15) is 28.8 Å². The Labute approximate surface area is 190 Å². The monoisotopic (exact) mass is 491 g/mol. The summed E-state index contributed by atoms with van der Waals surface area (Å²) in [6.45, 7) is 0.519. The number of halogens is 4. The van der Waals surface area contributed by atoms with Gasteiger partial charge in [0.15, 0.2) is 0 Å². The molecule has 1 aromatic carbocycles. The molecule has 1 atom stereocenters. The Kier molecular flexibility index (Phi) is 10.6. The number of rotatable bonds is 8. The minimum atomic E-state index is -5.08. The molecule has 1 aromatic heterocycles. The first-order valence-electron chi connectivity index (χ1n) is 9.35. The first kappa shape index (κ1) is 27.7. The summed E-state index contributed by atoms with van der Waals surface area (Å²) in [7, 11) is 0. The number of carbonyl (C=O) groups excluding carboxylic acids is 1. The molecule has 5 N–H and O–H groups in total. The average Bonchev–Trinajstić information content (AvgIpc) is 2.73. The van der Waals surface area contributed by atoms with Crippen molar-refractivity contribution in [1.29, 1.82) is 0 Å². The third kappa shape index (κ3) is 8.94. The van der Waals surface area contributed by atoms with Crippen LogP contribution in [0.2, 0.25) is 5.02 Å². The second kappa shape index (κ2) is 12.6. The fourth-order valence-electron chi connectivity index (χ4n) is 2.46. The fraction of sp³-hybridized carbons (Fsp3) is 0.300. The Morgan fingerprint density at radius 1 is 1.12 bits per heavy atom. The molecule has 0 unspecified atom stereocenters. The van der Waals surface area contributed by atoms with Gasteiger partial charge in [0.05, 0.1) is 6.54 Å². The number of pyridine rings is 1. The van der Waals surface area contributed by atoms with E-state index in [2.05, 4.69) is 5.32 Å². The first-order chi connectivity index (χ1) is 15.4. The third-order valence-corrected chi connectivity index (χ3v) is 4.47. The quantitative estimate of drug-likeness (QED) is 0.441. The van der Waals surface area contributed by atoms with Crippen LogP contribution >= 0.6 is 11.6 Å². The summed E-state index contributed by atoms with van der Waals surface area (Å²) >= 11 is 6.11. The van der Waals surface area contributed by atoms with E-state index in [9.17, 15) is 32.7 Å². The zero-order valence-corrected chi connectivity index (χ0v) is 17.8. The van der Waals surface area contributed by atoms with Gasteiger partial charge in [-0.15, -0.1) is 0 Å². The number of benzene rings is 1. The highest BCUT2D eigenvalue weighted by molar-refractivity contribution is 6.31. The van der Waals surface area contributed by atoms with Crippen molar-refractivity contribution in [2.45, 2.75) is 31.6 Å². The first-order valence-corrected chi connectivity index (χ1v) is 9.73. The maximum Gasteiger partial charge on any atom is 0.490 e. The summed E-state index contributed by atoms with van der Waals surface area (Å²) < 4.78 is 33.1. The molecule has 2 aromatic rings. The van der Waals surface area contributed by atoms with Crippen molar-refractivity contribution in [3.05, 3.63) is 69.1 Å². The molecule has 1 heterocycles. The number of hydrogen-bond acceptors (Lipinski definition) is 5. The highest BCUT2D eigenvalue weighted by Gasteiger charge is 2.38. The summed E-state index contributed by atoms with van der Waals surface area (Å²) in [6, 6.07) is 8.92. The standard InChI is InChI=1S/C18H20ClN3O4.C2HF3O2/c19-14-7-2-1-5-12(14)11-22-10-4-6-13(17(22)24)16(23)21-15(18(25)26)8-3-9-20;3-2(4,5)1(6)7/h1-2,4-7,10,15H,3,8-9,11,20H2,(H,21,23)(H,25,26);(H,6,7)/t15-;/m0./s1. The lowest BCUT2D eigenvalue weighted by Gasteiger charge is -2.14. The van der Waals surface area contributed by atoms with Crippen molar-refractivity contribution in [2.75, 3.05) is 6.54 Å². The average molecular weight is 492 g/mol. The largest absolute Gasteiger partial charge is 0.490 e. The SMILES string of the molecule is NCCC[C@H](NC(=O)c1cccn(Cc2ccccc2Cl)c1=O)C(=O)O.O=C(O)C(F)(F)F. The molecule has 0 aliphatic carbocycles. The van der Waals surface area contributed by atoms with Crippen LogP contribution in [0.3, 0.4) is 0 Å². The maximum absolute atomic E-state index is 12.6. The van der Waals surface area contributed by atoms with Gasteiger partial charge in [-0.3, -0.25) is 9.59 Å². The summed E-state index contributed by atoms with van der Waals surface area (Å²) in [6.07, 6.45) is -2.90. The number of amides is 1. The van der Waals surface area contributed by atoms with Crippen LogP contribution < -0.4 is 16.6 Å². The predicted molar refractivity (Wildman–Crippen MR) is 112 cm³/mol. The van der Waals surface area contributed by atoms with Gasteiger partial charge in [0.25, 0.3) is 11.5 Å². The number of carboxylic acids is 2. The number of nitrogens with one attached hydrogen (secondary N) is 1. The number of aromatic nitrogens is 1. The number of alkyl halides is 3. The molecule has 0 saturated carbocycles. The second-order valence-corrected chi connectivity index (χ2v) is 6.95. The third-order valence-electron chi connectivity index (χ3n) is 4.11. The van der Waals surface area contributed by atoms with E-state index in [1.54, 1.807) is 36.5 Å². The van der Waals surface area contributed by atoms with Crippen LogP contribution in [0, 0.1) is 0 Å². The molecule has 0 saturated heterocycles. The molecule has 0 bridgehead atoms. The fourth-order valence-corrected chi connectivity index (χ4v) is 2.66. The van der Waals surface area contributed by atoms with E-state index in [0.29, 0.717) is 18.0 Å². The van der Waals surface area contributed by atoms with E-state index in [1.807, 2.05) is 0 Å². The number of carbonyl (C=O) groups is 3. The molecular formula is C20H21ClF3N3O6. The van der Waals surface area contributed by atoms with Crippen molar-refractivity contribution in [3.8, 4) is 0 Å². The summed E-state index contributed by atoms with van der Waals surface area (Å²) in [4.78, 5) is 45.1. The van der Waals surface area contributed by atoms with E-state index in [1.165, 1.54) is 10.6 Å². The van der Waals surface area contributed by atoms with Crippen LogP contribution in [0.25, 0.3) is 0 Å². The number of nitrogens with zero attached hydrogens (tertiary/aromatic N) is 1. The summed E-state index contributed by atoms with van der Waals surface area (Å²) in [5, 5.41) is 19.2. The summed E-state index contributed by atoms with van der Waals surface area (Å²) in [5.74, 6) is -4.65. The molecule has 0 aliphatic heterocycles.